The normalized spacial score (nSPS) is 10.2. The van der Waals surface area contributed by atoms with Crippen LogP contribution >= 0.6 is 15.9 Å². The molecule has 0 saturated heterocycles. The minimum Gasteiger partial charge on any atom is -0.339 e. The van der Waals surface area contributed by atoms with E-state index in [4.69, 9.17) is 0 Å². The number of carbonyl (C=O) groups excluding carboxylic acids is 1. The van der Waals surface area contributed by atoms with Gasteiger partial charge in [0.2, 0.25) is 0 Å². The van der Waals surface area contributed by atoms with Crippen molar-refractivity contribution in [2.45, 2.75) is 0 Å². The predicted octanol–water partition coefficient (Wildman–Crippen LogP) is 4.37. The molecule has 0 fully saturated rings. The van der Waals surface area contributed by atoms with Gasteiger partial charge in [-0.2, -0.15) is 0 Å². The first-order valence-corrected chi connectivity index (χ1v) is 7.83. The van der Waals surface area contributed by atoms with E-state index in [0.717, 1.165) is 4.47 Å². The van der Waals surface area contributed by atoms with E-state index in [1.807, 2.05) is 12.1 Å². The SMILES string of the molecule is O=C(Nc1ccc(Br)cc1)c1ccc(Nc2ccc(F)cc2)nn1. The molecule has 3 aromatic rings. The largest absolute Gasteiger partial charge is 0.339 e. The molecule has 1 amide bonds. The Morgan fingerprint density at radius 2 is 1.54 bits per heavy atom. The zero-order chi connectivity index (χ0) is 16.9. The van der Waals surface area contributed by atoms with Crippen molar-refractivity contribution < 1.29 is 9.18 Å². The maximum atomic E-state index is 12.9. The molecule has 7 heteroatoms. The summed E-state index contributed by atoms with van der Waals surface area (Å²) in [5.74, 6) is -0.202. The average molecular weight is 387 g/mol. The van der Waals surface area contributed by atoms with E-state index in [2.05, 4.69) is 36.8 Å². The van der Waals surface area contributed by atoms with Gasteiger partial charge in [0.05, 0.1) is 0 Å². The Labute approximate surface area is 146 Å². The number of aromatic nitrogens is 2. The predicted molar refractivity (Wildman–Crippen MR) is 93.8 cm³/mol. The van der Waals surface area contributed by atoms with Gasteiger partial charge < -0.3 is 10.6 Å². The number of carbonyl (C=O) groups is 1. The summed E-state index contributed by atoms with van der Waals surface area (Å²) in [5.41, 5.74) is 1.54. The molecule has 24 heavy (non-hydrogen) atoms. The highest BCUT2D eigenvalue weighted by Gasteiger charge is 2.09. The summed E-state index contributed by atoms with van der Waals surface area (Å²) in [5, 5.41) is 13.6. The molecule has 0 unspecified atom stereocenters. The van der Waals surface area contributed by atoms with Gasteiger partial charge in [-0.1, -0.05) is 15.9 Å². The van der Waals surface area contributed by atoms with Crippen LogP contribution in [0, 0.1) is 5.82 Å². The van der Waals surface area contributed by atoms with Gasteiger partial charge in [-0.05, 0) is 60.7 Å². The number of nitrogens with one attached hydrogen (secondary N) is 2. The van der Waals surface area contributed by atoms with E-state index in [9.17, 15) is 9.18 Å². The lowest BCUT2D eigenvalue weighted by atomic mass is 10.3. The van der Waals surface area contributed by atoms with Gasteiger partial charge in [0.1, 0.15) is 5.82 Å². The molecule has 0 radical (unpaired) electrons. The maximum absolute atomic E-state index is 12.9. The minimum absolute atomic E-state index is 0.197. The Kier molecular flexibility index (Phi) is 4.81. The molecule has 120 valence electrons. The fourth-order valence-electron chi connectivity index (χ4n) is 1.93. The number of nitrogens with zero attached hydrogens (tertiary/aromatic N) is 2. The van der Waals surface area contributed by atoms with E-state index in [-0.39, 0.29) is 17.4 Å². The number of halogens is 2. The molecule has 0 aliphatic rings. The number of anilines is 3. The second-order valence-corrected chi connectivity index (χ2v) is 5.81. The van der Waals surface area contributed by atoms with E-state index in [1.54, 1.807) is 36.4 Å². The zero-order valence-electron chi connectivity index (χ0n) is 12.3. The zero-order valence-corrected chi connectivity index (χ0v) is 13.9. The second kappa shape index (κ2) is 7.18. The summed E-state index contributed by atoms with van der Waals surface area (Å²) in [6, 6.07) is 16.3. The first-order chi connectivity index (χ1) is 11.6. The molecule has 1 aromatic heterocycles. The van der Waals surface area contributed by atoms with Crippen LogP contribution < -0.4 is 10.6 Å². The lowest BCUT2D eigenvalue weighted by molar-refractivity contribution is 0.102. The van der Waals surface area contributed by atoms with Crippen molar-refractivity contribution in [1.29, 1.82) is 0 Å². The smallest absolute Gasteiger partial charge is 0.276 e. The highest BCUT2D eigenvalue weighted by Crippen LogP contribution is 2.16. The molecule has 1 heterocycles. The maximum Gasteiger partial charge on any atom is 0.276 e. The molecule has 0 saturated carbocycles. The lowest BCUT2D eigenvalue weighted by Gasteiger charge is -2.06. The van der Waals surface area contributed by atoms with Crippen LogP contribution in [-0.2, 0) is 0 Å². The lowest BCUT2D eigenvalue weighted by Crippen LogP contribution is -2.14. The molecule has 5 nitrogen and oxygen atoms in total. The highest BCUT2D eigenvalue weighted by molar-refractivity contribution is 9.10. The quantitative estimate of drug-likeness (QED) is 0.698. The third-order valence-electron chi connectivity index (χ3n) is 3.12. The van der Waals surface area contributed by atoms with Crippen LogP contribution in [0.25, 0.3) is 0 Å². The van der Waals surface area contributed by atoms with Crippen LogP contribution in [0.3, 0.4) is 0 Å². The fraction of sp³-hybridized carbons (Fsp3) is 0. The minimum atomic E-state index is -0.349. The van der Waals surface area contributed by atoms with Crippen molar-refractivity contribution in [3.05, 3.63) is 76.6 Å². The van der Waals surface area contributed by atoms with Gasteiger partial charge in [0.25, 0.3) is 5.91 Å². The topological polar surface area (TPSA) is 66.9 Å². The summed E-state index contributed by atoms with van der Waals surface area (Å²) in [7, 11) is 0. The summed E-state index contributed by atoms with van der Waals surface area (Å²) < 4.78 is 13.8. The molecule has 3 rings (SSSR count). The Morgan fingerprint density at radius 3 is 2.17 bits per heavy atom. The number of rotatable bonds is 4. The van der Waals surface area contributed by atoms with Gasteiger partial charge in [-0.3, -0.25) is 4.79 Å². The van der Waals surface area contributed by atoms with E-state index in [1.165, 1.54) is 12.1 Å². The molecule has 2 aromatic carbocycles. The van der Waals surface area contributed by atoms with Crippen LogP contribution in [0.5, 0.6) is 0 Å². The Hall–Kier alpha value is -2.80. The Bertz CT molecular complexity index is 836. The molecule has 2 N–H and O–H groups in total. The van der Waals surface area contributed by atoms with Crippen LogP contribution in [0.15, 0.2) is 65.1 Å². The first kappa shape index (κ1) is 16.1. The number of hydrogen-bond acceptors (Lipinski definition) is 4. The van der Waals surface area contributed by atoms with Crippen molar-refractivity contribution in [1.82, 2.24) is 10.2 Å². The third kappa shape index (κ3) is 4.14. The molecular weight excluding hydrogens is 375 g/mol. The number of hydrogen-bond donors (Lipinski definition) is 2. The summed E-state index contributed by atoms with van der Waals surface area (Å²) in [6.45, 7) is 0. The van der Waals surface area contributed by atoms with E-state index >= 15 is 0 Å². The van der Waals surface area contributed by atoms with Crippen LogP contribution in [0.2, 0.25) is 0 Å². The van der Waals surface area contributed by atoms with Crippen molar-refractivity contribution in [2.75, 3.05) is 10.6 Å². The first-order valence-electron chi connectivity index (χ1n) is 7.03. The van der Waals surface area contributed by atoms with Gasteiger partial charge in [-0.25, -0.2) is 4.39 Å². The van der Waals surface area contributed by atoms with Crippen LogP contribution in [0.4, 0.5) is 21.6 Å². The summed E-state index contributed by atoms with van der Waals surface area (Å²) in [6.07, 6.45) is 0. The van der Waals surface area contributed by atoms with Crippen molar-refractivity contribution in [3.8, 4) is 0 Å². The monoisotopic (exact) mass is 386 g/mol. The summed E-state index contributed by atoms with van der Waals surface area (Å²) in [4.78, 5) is 12.1. The van der Waals surface area contributed by atoms with Crippen molar-refractivity contribution in [3.63, 3.8) is 0 Å². The van der Waals surface area contributed by atoms with Gasteiger partial charge in [-0.15, -0.1) is 10.2 Å². The van der Waals surface area contributed by atoms with Crippen LogP contribution in [-0.4, -0.2) is 16.1 Å². The van der Waals surface area contributed by atoms with Gasteiger partial charge >= 0.3 is 0 Å². The van der Waals surface area contributed by atoms with Gasteiger partial charge in [0, 0.05) is 15.8 Å². The van der Waals surface area contributed by atoms with Crippen LogP contribution in [0.1, 0.15) is 10.5 Å². The standard InChI is InChI=1S/C17H12BrFN4O/c18-11-1-5-14(6-2-11)21-17(24)15-9-10-16(23-22-15)20-13-7-3-12(19)4-8-13/h1-10H,(H,20,23)(H,21,24). The second-order valence-electron chi connectivity index (χ2n) is 4.90. The average Bonchev–Trinajstić information content (AvgIpc) is 2.59. The van der Waals surface area contributed by atoms with Gasteiger partial charge in [0.15, 0.2) is 11.5 Å². The van der Waals surface area contributed by atoms with Crippen molar-refractivity contribution in [2.24, 2.45) is 0 Å². The van der Waals surface area contributed by atoms with Crippen molar-refractivity contribution >= 4 is 39.0 Å². The number of amides is 1. The Balaban J connectivity index is 1.66. The molecule has 0 atom stereocenters. The molecular formula is C17H12BrFN4O. The molecule has 0 spiro atoms. The van der Waals surface area contributed by atoms with E-state index < -0.39 is 0 Å². The molecule has 0 aliphatic carbocycles. The molecule has 0 bridgehead atoms. The third-order valence-corrected chi connectivity index (χ3v) is 3.64. The summed E-state index contributed by atoms with van der Waals surface area (Å²) >= 11 is 3.33. The molecule has 0 aliphatic heterocycles. The Morgan fingerprint density at radius 1 is 0.875 bits per heavy atom. The highest BCUT2D eigenvalue weighted by atomic mass is 79.9. The van der Waals surface area contributed by atoms with E-state index in [0.29, 0.717) is 17.2 Å². The number of benzene rings is 2. The fourth-order valence-corrected chi connectivity index (χ4v) is 2.19.